The van der Waals surface area contributed by atoms with Gasteiger partial charge < -0.3 is 5.32 Å². The Morgan fingerprint density at radius 2 is 2.26 bits per heavy atom. The van der Waals surface area contributed by atoms with E-state index >= 15 is 0 Å². The lowest BCUT2D eigenvalue weighted by atomic mass is 10.0. The van der Waals surface area contributed by atoms with Crippen molar-refractivity contribution in [3.8, 4) is 0 Å². The maximum Gasteiger partial charge on any atom is 0.258 e. The number of carbonyl (C=O) groups is 1. The molecule has 3 aromatic rings. The zero-order valence-corrected chi connectivity index (χ0v) is 13.6. The Balaban J connectivity index is 2.01. The van der Waals surface area contributed by atoms with Gasteiger partial charge in [-0.25, -0.2) is 4.98 Å². The second kappa shape index (κ2) is 6.34. The fourth-order valence-electron chi connectivity index (χ4n) is 2.29. The lowest BCUT2D eigenvalue weighted by Gasteiger charge is -2.09. The standard InChI is InChI=1S/C16H16ClN5O/c1-3-10(2)12-9-19-22-14(7-13(17)20-15(12)22)21-16(23)11-5-4-6-18-8-11/h4-10H,3H2,1-2H3,(H,21,23). The average molecular weight is 330 g/mol. The molecule has 3 aromatic heterocycles. The number of hydrogen-bond acceptors (Lipinski definition) is 4. The molecule has 0 aliphatic heterocycles. The molecule has 118 valence electrons. The van der Waals surface area contributed by atoms with Crippen molar-refractivity contribution in [2.45, 2.75) is 26.2 Å². The molecule has 0 aliphatic rings. The van der Waals surface area contributed by atoms with Crippen molar-refractivity contribution in [2.24, 2.45) is 0 Å². The molecule has 1 atom stereocenters. The highest BCUT2D eigenvalue weighted by Gasteiger charge is 2.16. The summed E-state index contributed by atoms with van der Waals surface area (Å²) in [6.07, 6.45) is 5.85. The van der Waals surface area contributed by atoms with Crippen LogP contribution in [0, 0.1) is 0 Å². The molecule has 0 fully saturated rings. The van der Waals surface area contributed by atoms with Gasteiger partial charge in [-0.3, -0.25) is 9.78 Å². The van der Waals surface area contributed by atoms with E-state index in [1.54, 1.807) is 35.1 Å². The monoisotopic (exact) mass is 329 g/mol. The predicted octanol–water partition coefficient (Wildman–Crippen LogP) is 3.54. The molecule has 7 heteroatoms. The Bertz CT molecular complexity index is 846. The van der Waals surface area contributed by atoms with Crippen LogP contribution >= 0.6 is 11.6 Å². The molecule has 0 aromatic carbocycles. The fourth-order valence-corrected chi connectivity index (χ4v) is 2.48. The number of fused-ring (bicyclic) bond motifs is 1. The van der Waals surface area contributed by atoms with Gasteiger partial charge in [0.05, 0.1) is 11.8 Å². The number of nitrogens with one attached hydrogen (secondary N) is 1. The van der Waals surface area contributed by atoms with Crippen molar-refractivity contribution in [1.82, 2.24) is 19.6 Å². The number of amides is 1. The Morgan fingerprint density at radius 1 is 1.43 bits per heavy atom. The molecule has 6 nitrogen and oxygen atoms in total. The van der Waals surface area contributed by atoms with E-state index in [2.05, 4.69) is 34.2 Å². The van der Waals surface area contributed by atoms with Crippen LogP contribution in [0.15, 0.2) is 36.8 Å². The summed E-state index contributed by atoms with van der Waals surface area (Å²) >= 11 is 6.11. The van der Waals surface area contributed by atoms with Crippen molar-refractivity contribution in [1.29, 1.82) is 0 Å². The number of halogens is 1. The summed E-state index contributed by atoms with van der Waals surface area (Å²) in [5, 5.41) is 7.46. The minimum Gasteiger partial charge on any atom is -0.306 e. The van der Waals surface area contributed by atoms with E-state index in [0.29, 0.717) is 28.1 Å². The molecular weight excluding hydrogens is 314 g/mol. The molecule has 1 unspecified atom stereocenters. The van der Waals surface area contributed by atoms with Gasteiger partial charge in [0.15, 0.2) is 5.65 Å². The molecular formula is C16H16ClN5O. The van der Waals surface area contributed by atoms with Crippen molar-refractivity contribution in [3.63, 3.8) is 0 Å². The third-order valence-corrected chi connectivity index (χ3v) is 3.97. The Morgan fingerprint density at radius 3 is 2.96 bits per heavy atom. The van der Waals surface area contributed by atoms with E-state index in [0.717, 1.165) is 12.0 Å². The molecule has 0 bridgehead atoms. The molecule has 3 rings (SSSR count). The summed E-state index contributed by atoms with van der Waals surface area (Å²) in [5.74, 6) is 0.506. The quantitative estimate of drug-likeness (QED) is 0.743. The minimum absolute atomic E-state index is 0.276. The van der Waals surface area contributed by atoms with Gasteiger partial charge in [0.2, 0.25) is 0 Å². The van der Waals surface area contributed by atoms with Crippen LogP contribution in [0.25, 0.3) is 5.65 Å². The maximum absolute atomic E-state index is 12.3. The molecule has 0 saturated carbocycles. The summed E-state index contributed by atoms with van der Waals surface area (Å²) in [7, 11) is 0. The number of pyridine rings is 1. The van der Waals surface area contributed by atoms with Gasteiger partial charge in [0.25, 0.3) is 5.91 Å². The molecule has 0 spiro atoms. The number of carbonyl (C=O) groups excluding carboxylic acids is 1. The molecule has 3 heterocycles. The van der Waals surface area contributed by atoms with Crippen LogP contribution in [0.3, 0.4) is 0 Å². The number of rotatable bonds is 4. The Labute approximate surface area is 138 Å². The van der Waals surface area contributed by atoms with E-state index in [1.165, 1.54) is 6.20 Å². The predicted molar refractivity (Wildman–Crippen MR) is 88.9 cm³/mol. The van der Waals surface area contributed by atoms with Crippen LogP contribution in [0.1, 0.15) is 42.1 Å². The van der Waals surface area contributed by atoms with Gasteiger partial charge >= 0.3 is 0 Å². The molecule has 0 saturated heterocycles. The van der Waals surface area contributed by atoms with Crippen molar-refractivity contribution >= 4 is 29.0 Å². The minimum atomic E-state index is -0.276. The highest BCUT2D eigenvalue weighted by molar-refractivity contribution is 6.29. The van der Waals surface area contributed by atoms with Crippen LogP contribution < -0.4 is 5.32 Å². The normalized spacial score (nSPS) is 12.3. The van der Waals surface area contributed by atoms with Crippen LogP contribution in [0.5, 0.6) is 0 Å². The van der Waals surface area contributed by atoms with Gasteiger partial charge in [-0.15, -0.1) is 0 Å². The first-order chi connectivity index (χ1) is 11.1. The number of nitrogens with zero attached hydrogens (tertiary/aromatic N) is 4. The van der Waals surface area contributed by atoms with Gasteiger partial charge in [0.1, 0.15) is 11.0 Å². The molecule has 1 N–H and O–H groups in total. The van der Waals surface area contributed by atoms with Gasteiger partial charge in [0, 0.05) is 24.0 Å². The number of anilines is 1. The topological polar surface area (TPSA) is 72.2 Å². The molecule has 1 amide bonds. The molecule has 0 radical (unpaired) electrons. The van der Waals surface area contributed by atoms with E-state index in [1.807, 2.05) is 0 Å². The van der Waals surface area contributed by atoms with Crippen molar-refractivity contribution < 1.29 is 4.79 Å². The Kier molecular flexibility index (Phi) is 4.25. The van der Waals surface area contributed by atoms with Crippen LogP contribution in [-0.4, -0.2) is 25.5 Å². The summed E-state index contributed by atoms with van der Waals surface area (Å²) < 4.78 is 1.60. The number of aromatic nitrogens is 4. The first-order valence-corrected chi connectivity index (χ1v) is 7.73. The van der Waals surface area contributed by atoms with Crippen LogP contribution in [0.4, 0.5) is 5.82 Å². The SMILES string of the molecule is CCC(C)c1cnn2c(NC(=O)c3cccnc3)cc(Cl)nc12. The van der Waals surface area contributed by atoms with Crippen LogP contribution in [-0.2, 0) is 0 Å². The average Bonchev–Trinajstić information content (AvgIpc) is 2.98. The largest absolute Gasteiger partial charge is 0.306 e. The number of hydrogen-bond donors (Lipinski definition) is 1. The third kappa shape index (κ3) is 3.03. The Hall–Kier alpha value is -2.47. The second-order valence-electron chi connectivity index (χ2n) is 5.30. The first kappa shape index (κ1) is 15.4. The smallest absolute Gasteiger partial charge is 0.258 e. The zero-order chi connectivity index (χ0) is 16.4. The summed E-state index contributed by atoms with van der Waals surface area (Å²) in [6, 6.07) is 4.98. The highest BCUT2D eigenvalue weighted by Crippen LogP contribution is 2.26. The summed E-state index contributed by atoms with van der Waals surface area (Å²) in [4.78, 5) is 20.6. The van der Waals surface area contributed by atoms with Gasteiger partial charge in [-0.05, 0) is 24.5 Å². The summed E-state index contributed by atoms with van der Waals surface area (Å²) in [5.41, 5.74) is 2.13. The zero-order valence-electron chi connectivity index (χ0n) is 12.8. The van der Waals surface area contributed by atoms with E-state index in [4.69, 9.17) is 11.6 Å². The lowest BCUT2D eigenvalue weighted by Crippen LogP contribution is -2.15. The first-order valence-electron chi connectivity index (χ1n) is 7.35. The lowest BCUT2D eigenvalue weighted by molar-refractivity contribution is 0.102. The van der Waals surface area contributed by atoms with Crippen molar-refractivity contribution in [2.75, 3.05) is 5.32 Å². The van der Waals surface area contributed by atoms with Crippen molar-refractivity contribution in [3.05, 3.63) is 53.1 Å². The van der Waals surface area contributed by atoms with Gasteiger partial charge in [-0.2, -0.15) is 9.61 Å². The molecule has 23 heavy (non-hydrogen) atoms. The summed E-state index contributed by atoms with van der Waals surface area (Å²) in [6.45, 7) is 4.21. The molecule has 0 aliphatic carbocycles. The van der Waals surface area contributed by atoms with E-state index in [9.17, 15) is 4.79 Å². The van der Waals surface area contributed by atoms with E-state index < -0.39 is 0 Å². The van der Waals surface area contributed by atoms with Gasteiger partial charge in [-0.1, -0.05) is 25.4 Å². The van der Waals surface area contributed by atoms with Crippen LogP contribution in [0.2, 0.25) is 5.15 Å². The second-order valence-corrected chi connectivity index (χ2v) is 5.69. The maximum atomic E-state index is 12.3. The van der Waals surface area contributed by atoms with E-state index in [-0.39, 0.29) is 5.91 Å². The highest BCUT2D eigenvalue weighted by atomic mass is 35.5. The third-order valence-electron chi connectivity index (χ3n) is 3.78. The fraction of sp³-hybridized carbons (Fsp3) is 0.250.